The van der Waals surface area contributed by atoms with Crippen molar-refractivity contribution >= 4 is 22.7 Å². The molecule has 3 rings (SSSR count). The first-order valence-electron chi connectivity index (χ1n) is 8.19. The van der Waals surface area contributed by atoms with E-state index in [1.54, 1.807) is 6.20 Å². The highest BCUT2D eigenvalue weighted by Crippen LogP contribution is 2.20. The van der Waals surface area contributed by atoms with E-state index in [-0.39, 0.29) is 5.78 Å². The maximum absolute atomic E-state index is 12.9. The number of aromatic nitrogens is 1. The van der Waals surface area contributed by atoms with Crippen LogP contribution in [0.15, 0.2) is 54.7 Å². The lowest BCUT2D eigenvalue weighted by Crippen LogP contribution is -2.32. The van der Waals surface area contributed by atoms with Crippen LogP contribution in [-0.2, 0) is 9.53 Å². The second-order valence-corrected chi connectivity index (χ2v) is 5.91. The van der Waals surface area contributed by atoms with Gasteiger partial charge in [0, 0.05) is 22.7 Å². The highest BCUT2D eigenvalue weighted by Gasteiger charge is 2.25. The van der Waals surface area contributed by atoms with Crippen molar-refractivity contribution in [2.75, 3.05) is 0 Å². The summed E-state index contributed by atoms with van der Waals surface area (Å²) < 4.78 is 23.6. The van der Waals surface area contributed by atoms with Crippen LogP contribution in [0.25, 0.3) is 10.9 Å². The van der Waals surface area contributed by atoms with Crippen LogP contribution in [0.3, 0.4) is 0 Å². The van der Waals surface area contributed by atoms with Crippen molar-refractivity contribution in [3.05, 3.63) is 66.1 Å². The Morgan fingerprint density at radius 1 is 1.00 bits per heavy atom. The van der Waals surface area contributed by atoms with Gasteiger partial charge in [-0.25, -0.2) is 9.18 Å². The van der Waals surface area contributed by atoms with Crippen molar-refractivity contribution < 1.29 is 23.5 Å². The highest BCUT2D eigenvalue weighted by molar-refractivity contribution is 6.10. The van der Waals surface area contributed by atoms with Gasteiger partial charge in [0.1, 0.15) is 11.6 Å². The van der Waals surface area contributed by atoms with Crippen molar-refractivity contribution in [2.24, 2.45) is 0 Å². The summed E-state index contributed by atoms with van der Waals surface area (Å²) in [6.07, 6.45) is -0.282. The summed E-state index contributed by atoms with van der Waals surface area (Å²) >= 11 is 0. The van der Waals surface area contributed by atoms with Gasteiger partial charge in [0.2, 0.25) is 5.78 Å². The quantitative estimate of drug-likeness (QED) is 0.538. The number of aromatic amines is 1. The van der Waals surface area contributed by atoms with E-state index in [9.17, 15) is 14.0 Å². The van der Waals surface area contributed by atoms with Crippen LogP contribution in [0.1, 0.15) is 24.2 Å². The summed E-state index contributed by atoms with van der Waals surface area (Å²) in [5.74, 6) is -1.03. The number of esters is 1. The minimum atomic E-state index is -0.957. The number of benzene rings is 2. The van der Waals surface area contributed by atoms with Gasteiger partial charge >= 0.3 is 5.97 Å². The van der Waals surface area contributed by atoms with E-state index < -0.39 is 24.0 Å². The summed E-state index contributed by atoms with van der Waals surface area (Å²) in [7, 11) is 0. The third kappa shape index (κ3) is 3.74. The standard InChI is InChI=1S/C20H18FNO4/c1-12(19(23)17-11-22-18-6-4-3-5-16(17)18)26-20(24)13(2)25-15-9-7-14(21)8-10-15/h3-13,22H,1-2H3/t12-,13-/m1/s1. The largest absolute Gasteiger partial charge is 0.479 e. The molecule has 2 aromatic carbocycles. The van der Waals surface area contributed by atoms with Crippen LogP contribution in [0.4, 0.5) is 4.39 Å². The third-order valence-corrected chi connectivity index (χ3v) is 3.98. The van der Waals surface area contributed by atoms with Gasteiger partial charge in [0.05, 0.1) is 0 Å². The average Bonchev–Trinajstić information content (AvgIpc) is 3.07. The molecule has 26 heavy (non-hydrogen) atoms. The molecule has 0 unspecified atom stereocenters. The molecule has 0 fully saturated rings. The number of ketones is 1. The molecule has 0 amide bonds. The number of ether oxygens (including phenoxy) is 2. The number of H-pyrrole nitrogens is 1. The molecule has 1 heterocycles. The number of fused-ring (bicyclic) bond motifs is 1. The first-order chi connectivity index (χ1) is 12.5. The molecule has 0 aliphatic carbocycles. The Labute approximate surface area is 149 Å². The zero-order valence-electron chi connectivity index (χ0n) is 14.4. The Bertz CT molecular complexity index is 932. The minimum absolute atomic E-state index is 0.301. The lowest BCUT2D eigenvalue weighted by molar-refractivity contribution is -0.153. The Kier molecular flexibility index (Phi) is 5.02. The first kappa shape index (κ1) is 17.7. The highest BCUT2D eigenvalue weighted by atomic mass is 19.1. The number of hydrogen-bond acceptors (Lipinski definition) is 4. The zero-order chi connectivity index (χ0) is 18.7. The summed E-state index contributed by atoms with van der Waals surface area (Å²) in [5.41, 5.74) is 1.30. The van der Waals surface area contributed by atoms with Crippen LogP contribution in [0.2, 0.25) is 0 Å². The fourth-order valence-corrected chi connectivity index (χ4v) is 2.58. The SMILES string of the molecule is C[C@@H](Oc1ccc(F)cc1)C(=O)O[C@H](C)C(=O)c1c[nH]c2ccccc12. The van der Waals surface area contributed by atoms with E-state index in [1.165, 1.54) is 38.1 Å². The fraction of sp³-hybridized carbons (Fsp3) is 0.200. The van der Waals surface area contributed by atoms with Crippen molar-refractivity contribution in [1.82, 2.24) is 4.98 Å². The molecule has 2 atom stereocenters. The number of rotatable bonds is 6. The second kappa shape index (κ2) is 7.39. The molecule has 0 saturated carbocycles. The van der Waals surface area contributed by atoms with Crippen molar-refractivity contribution in [3.63, 3.8) is 0 Å². The van der Waals surface area contributed by atoms with Crippen molar-refractivity contribution in [3.8, 4) is 5.75 Å². The molecule has 0 spiro atoms. The summed E-state index contributed by atoms with van der Waals surface area (Å²) in [6, 6.07) is 12.7. The number of halogens is 1. The predicted octanol–water partition coefficient (Wildman–Crippen LogP) is 3.89. The second-order valence-electron chi connectivity index (χ2n) is 5.91. The van der Waals surface area contributed by atoms with Gasteiger partial charge < -0.3 is 14.5 Å². The molecule has 0 bridgehead atoms. The molecule has 0 saturated heterocycles. The maximum atomic E-state index is 12.9. The van der Waals surface area contributed by atoms with Crippen LogP contribution < -0.4 is 4.74 Å². The van der Waals surface area contributed by atoms with E-state index >= 15 is 0 Å². The number of hydrogen-bond donors (Lipinski definition) is 1. The Hall–Kier alpha value is -3.15. The monoisotopic (exact) mass is 355 g/mol. The minimum Gasteiger partial charge on any atom is -0.479 e. The molecule has 134 valence electrons. The summed E-state index contributed by atoms with van der Waals surface area (Å²) in [6.45, 7) is 3.03. The molecule has 0 aliphatic heterocycles. The van der Waals surface area contributed by atoms with Gasteiger partial charge in [-0.15, -0.1) is 0 Å². The van der Waals surface area contributed by atoms with Crippen LogP contribution >= 0.6 is 0 Å². The molecule has 1 N–H and O–H groups in total. The first-order valence-corrected chi connectivity index (χ1v) is 8.19. The normalized spacial score (nSPS) is 13.2. The van der Waals surface area contributed by atoms with Gasteiger partial charge in [0.15, 0.2) is 12.2 Å². The Morgan fingerprint density at radius 2 is 1.69 bits per heavy atom. The van der Waals surface area contributed by atoms with Crippen molar-refractivity contribution in [2.45, 2.75) is 26.1 Å². The molecular formula is C20H18FNO4. The predicted molar refractivity (Wildman–Crippen MR) is 94.7 cm³/mol. The van der Waals surface area contributed by atoms with Crippen LogP contribution in [-0.4, -0.2) is 28.9 Å². The van der Waals surface area contributed by atoms with E-state index in [2.05, 4.69) is 4.98 Å². The zero-order valence-corrected chi connectivity index (χ0v) is 14.4. The number of Topliss-reactive ketones (excluding diaryl/α,β-unsaturated/α-hetero) is 1. The third-order valence-electron chi connectivity index (χ3n) is 3.98. The van der Waals surface area contributed by atoms with Gasteiger partial charge in [-0.05, 0) is 44.2 Å². The number of carbonyl (C=O) groups is 2. The molecule has 5 nitrogen and oxygen atoms in total. The summed E-state index contributed by atoms with van der Waals surface area (Å²) in [4.78, 5) is 27.8. The molecule has 3 aromatic rings. The van der Waals surface area contributed by atoms with E-state index in [1.807, 2.05) is 24.3 Å². The molecular weight excluding hydrogens is 337 g/mol. The lowest BCUT2D eigenvalue weighted by atomic mass is 10.1. The Morgan fingerprint density at radius 3 is 2.42 bits per heavy atom. The summed E-state index contributed by atoms with van der Waals surface area (Å²) in [5, 5.41) is 0.774. The Balaban J connectivity index is 1.64. The number of nitrogens with one attached hydrogen (secondary N) is 1. The van der Waals surface area contributed by atoms with Crippen LogP contribution in [0.5, 0.6) is 5.75 Å². The molecule has 0 radical (unpaired) electrons. The number of carbonyl (C=O) groups excluding carboxylic acids is 2. The molecule has 0 aliphatic rings. The van der Waals surface area contributed by atoms with Gasteiger partial charge in [-0.1, -0.05) is 18.2 Å². The maximum Gasteiger partial charge on any atom is 0.347 e. The van der Waals surface area contributed by atoms with Gasteiger partial charge in [0.25, 0.3) is 0 Å². The smallest absolute Gasteiger partial charge is 0.347 e. The molecule has 6 heteroatoms. The van der Waals surface area contributed by atoms with E-state index in [0.29, 0.717) is 11.3 Å². The molecule has 1 aromatic heterocycles. The average molecular weight is 355 g/mol. The van der Waals surface area contributed by atoms with E-state index in [4.69, 9.17) is 9.47 Å². The van der Waals surface area contributed by atoms with Crippen LogP contribution in [0, 0.1) is 5.82 Å². The topological polar surface area (TPSA) is 68.4 Å². The van der Waals surface area contributed by atoms with Gasteiger partial charge in [-0.3, -0.25) is 4.79 Å². The lowest BCUT2D eigenvalue weighted by Gasteiger charge is -2.17. The number of para-hydroxylation sites is 1. The van der Waals surface area contributed by atoms with E-state index in [0.717, 1.165) is 10.9 Å². The fourth-order valence-electron chi connectivity index (χ4n) is 2.58. The van der Waals surface area contributed by atoms with Crippen molar-refractivity contribution in [1.29, 1.82) is 0 Å². The van der Waals surface area contributed by atoms with Gasteiger partial charge in [-0.2, -0.15) is 0 Å².